The van der Waals surface area contributed by atoms with Gasteiger partial charge in [0.15, 0.2) is 0 Å². The van der Waals surface area contributed by atoms with Crippen LogP contribution in [0.1, 0.15) is 15.9 Å². The van der Waals surface area contributed by atoms with Gasteiger partial charge in [0.05, 0.1) is 23.1 Å². The Hall–Kier alpha value is -3.24. The van der Waals surface area contributed by atoms with Gasteiger partial charge in [0.2, 0.25) is 0 Å². The molecular formula is C21H16ClF3N2O4S. The monoisotopic (exact) mass is 484 g/mol. The van der Waals surface area contributed by atoms with E-state index in [1.165, 1.54) is 49.6 Å². The van der Waals surface area contributed by atoms with Crippen molar-refractivity contribution in [1.29, 1.82) is 0 Å². The third-order valence-electron chi connectivity index (χ3n) is 4.27. The Morgan fingerprint density at radius 2 is 1.66 bits per heavy atom. The van der Waals surface area contributed by atoms with Gasteiger partial charge in [-0.15, -0.1) is 0 Å². The zero-order valence-electron chi connectivity index (χ0n) is 16.4. The van der Waals surface area contributed by atoms with Gasteiger partial charge in [-0.05, 0) is 60.7 Å². The molecule has 3 rings (SSSR count). The van der Waals surface area contributed by atoms with E-state index in [1.54, 1.807) is 6.07 Å². The van der Waals surface area contributed by atoms with Crippen molar-refractivity contribution < 1.29 is 31.1 Å². The number of amides is 1. The van der Waals surface area contributed by atoms with Crippen LogP contribution < -0.4 is 14.8 Å². The van der Waals surface area contributed by atoms with E-state index in [1.807, 2.05) is 0 Å². The maximum Gasteiger partial charge on any atom is 0.416 e. The van der Waals surface area contributed by atoms with Crippen molar-refractivity contribution in [2.24, 2.45) is 0 Å². The summed E-state index contributed by atoms with van der Waals surface area (Å²) in [6.45, 7) is 0. The van der Waals surface area contributed by atoms with Crippen molar-refractivity contribution in [2.45, 2.75) is 11.1 Å². The van der Waals surface area contributed by atoms with Gasteiger partial charge >= 0.3 is 6.18 Å². The van der Waals surface area contributed by atoms with Crippen molar-refractivity contribution in [1.82, 2.24) is 0 Å². The third-order valence-corrected chi connectivity index (χ3v) is 5.90. The second-order valence-corrected chi connectivity index (χ2v) is 8.63. The highest BCUT2D eigenvalue weighted by Gasteiger charge is 2.30. The minimum absolute atomic E-state index is 0.183. The summed E-state index contributed by atoms with van der Waals surface area (Å²) >= 11 is 5.92. The van der Waals surface area contributed by atoms with Crippen molar-refractivity contribution in [3.8, 4) is 5.75 Å². The number of nitrogens with one attached hydrogen (secondary N) is 2. The van der Waals surface area contributed by atoms with E-state index < -0.39 is 27.7 Å². The largest absolute Gasteiger partial charge is 0.496 e. The molecule has 0 heterocycles. The van der Waals surface area contributed by atoms with Crippen molar-refractivity contribution in [3.63, 3.8) is 0 Å². The molecule has 0 radical (unpaired) electrons. The number of hydrogen-bond donors (Lipinski definition) is 2. The van der Waals surface area contributed by atoms with Crippen LogP contribution in [0.5, 0.6) is 5.75 Å². The van der Waals surface area contributed by atoms with E-state index in [-0.39, 0.29) is 21.8 Å². The molecule has 0 atom stereocenters. The van der Waals surface area contributed by atoms with Crippen LogP contribution in [0.2, 0.25) is 5.02 Å². The second-order valence-electron chi connectivity index (χ2n) is 6.51. The van der Waals surface area contributed by atoms with Gasteiger partial charge in [-0.2, -0.15) is 13.2 Å². The molecule has 6 nitrogen and oxygen atoms in total. The van der Waals surface area contributed by atoms with E-state index in [0.717, 1.165) is 12.1 Å². The SMILES string of the molecule is COc1ccc(Cl)cc1C(=O)Nc1ccc(S(=O)(=O)Nc2cccc(C(F)(F)F)c2)cc1. The lowest BCUT2D eigenvalue weighted by Gasteiger charge is -2.12. The average Bonchev–Trinajstić information content (AvgIpc) is 2.73. The number of carbonyl (C=O) groups excluding carboxylic acids is 1. The number of hydrogen-bond acceptors (Lipinski definition) is 4. The number of halogens is 4. The number of anilines is 2. The van der Waals surface area contributed by atoms with Crippen LogP contribution >= 0.6 is 11.6 Å². The highest BCUT2D eigenvalue weighted by atomic mass is 35.5. The van der Waals surface area contributed by atoms with Gasteiger partial charge in [-0.1, -0.05) is 17.7 Å². The lowest BCUT2D eigenvalue weighted by atomic mass is 10.2. The highest BCUT2D eigenvalue weighted by molar-refractivity contribution is 7.92. The van der Waals surface area contributed by atoms with Gasteiger partial charge in [0.1, 0.15) is 5.75 Å². The Kier molecular flexibility index (Phi) is 6.65. The number of benzene rings is 3. The number of ether oxygens (including phenoxy) is 1. The Bertz CT molecular complexity index is 1250. The minimum Gasteiger partial charge on any atom is -0.496 e. The Labute approximate surface area is 187 Å². The lowest BCUT2D eigenvalue weighted by Crippen LogP contribution is -2.15. The Balaban J connectivity index is 1.76. The molecule has 0 saturated carbocycles. The van der Waals surface area contributed by atoms with Crippen LogP contribution in [0.4, 0.5) is 24.5 Å². The first-order chi connectivity index (χ1) is 15.0. The summed E-state index contributed by atoms with van der Waals surface area (Å²) in [7, 11) is -2.76. The number of carbonyl (C=O) groups is 1. The third kappa shape index (κ3) is 5.51. The minimum atomic E-state index is -4.60. The molecule has 32 heavy (non-hydrogen) atoms. The van der Waals surface area contributed by atoms with Crippen LogP contribution in [-0.2, 0) is 16.2 Å². The smallest absolute Gasteiger partial charge is 0.416 e. The first kappa shape index (κ1) is 23.4. The molecule has 0 aromatic heterocycles. The van der Waals surface area contributed by atoms with E-state index in [4.69, 9.17) is 16.3 Å². The fourth-order valence-electron chi connectivity index (χ4n) is 2.75. The molecule has 0 bridgehead atoms. The number of methoxy groups -OCH3 is 1. The van der Waals surface area contributed by atoms with Crippen molar-refractivity contribution >= 4 is 38.9 Å². The standard InChI is InChI=1S/C21H16ClF3N2O4S/c1-31-19-10-5-14(22)12-18(19)20(28)26-15-6-8-17(9-7-15)32(29,30)27-16-4-2-3-13(11-16)21(23,24)25/h2-12,27H,1H3,(H,26,28). The van der Waals surface area contributed by atoms with Gasteiger partial charge in [0.25, 0.3) is 15.9 Å². The van der Waals surface area contributed by atoms with Gasteiger partial charge < -0.3 is 10.1 Å². The summed E-state index contributed by atoms with van der Waals surface area (Å²) in [5, 5.41) is 2.93. The maximum atomic E-state index is 12.8. The number of sulfonamides is 1. The van der Waals surface area contributed by atoms with Crippen molar-refractivity contribution in [3.05, 3.63) is 82.9 Å². The Morgan fingerprint density at radius 3 is 2.28 bits per heavy atom. The van der Waals surface area contributed by atoms with E-state index in [9.17, 15) is 26.4 Å². The van der Waals surface area contributed by atoms with Crippen LogP contribution in [-0.4, -0.2) is 21.4 Å². The summed E-state index contributed by atoms with van der Waals surface area (Å²) in [5.41, 5.74) is -0.740. The molecule has 0 aliphatic rings. The summed E-state index contributed by atoms with van der Waals surface area (Å²) < 4.78 is 70.8. The fourth-order valence-corrected chi connectivity index (χ4v) is 3.97. The highest BCUT2D eigenvalue weighted by Crippen LogP contribution is 2.31. The van der Waals surface area contributed by atoms with Crippen LogP contribution in [0, 0.1) is 0 Å². The average molecular weight is 485 g/mol. The molecule has 0 unspecified atom stereocenters. The molecular weight excluding hydrogens is 469 g/mol. The van der Waals surface area contributed by atoms with Crippen LogP contribution in [0.3, 0.4) is 0 Å². The first-order valence-electron chi connectivity index (χ1n) is 8.94. The molecule has 0 aliphatic heterocycles. The van der Waals surface area contributed by atoms with E-state index >= 15 is 0 Å². The summed E-state index contributed by atoms with van der Waals surface area (Å²) in [4.78, 5) is 12.3. The zero-order chi connectivity index (χ0) is 23.5. The predicted molar refractivity (Wildman–Crippen MR) is 115 cm³/mol. The molecule has 11 heteroatoms. The van der Waals surface area contributed by atoms with Gasteiger partial charge in [-0.3, -0.25) is 9.52 Å². The fraction of sp³-hybridized carbons (Fsp3) is 0.0952. The maximum absolute atomic E-state index is 12.8. The lowest BCUT2D eigenvalue weighted by molar-refractivity contribution is -0.137. The molecule has 3 aromatic rings. The molecule has 168 valence electrons. The molecule has 0 aliphatic carbocycles. The molecule has 0 spiro atoms. The van der Waals surface area contributed by atoms with E-state index in [0.29, 0.717) is 16.8 Å². The quantitative estimate of drug-likeness (QED) is 0.489. The molecule has 0 saturated heterocycles. The topological polar surface area (TPSA) is 84.5 Å². The molecule has 2 N–H and O–H groups in total. The molecule has 1 amide bonds. The second kappa shape index (κ2) is 9.09. The molecule has 3 aromatic carbocycles. The predicted octanol–water partition coefficient (Wildman–Crippen LogP) is 5.42. The molecule has 0 fully saturated rings. The number of rotatable bonds is 6. The normalized spacial score (nSPS) is 11.7. The zero-order valence-corrected chi connectivity index (χ0v) is 18.0. The Morgan fingerprint density at radius 1 is 0.969 bits per heavy atom. The first-order valence-corrected chi connectivity index (χ1v) is 10.8. The van der Waals surface area contributed by atoms with Gasteiger partial charge in [-0.25, -0.2) is 8.42 Å². The van der Waals surface area contributed by atoms with Crippen LogP contribution in [0.25, 0.3) is 0 Å². The van der Waals surface area contributed by atoms with Gasteiger partial charge in [0, 0.05) is 16.4 Å². The summed E-state index contributed by atoms with van der Waals surface area (Å²) in [6.07, 6.45) is -4.60. The summed E-state index contributed by atoms with van der Waals surface area (Å²) in [6, 6.07) is 13.5. The number of alkyl halides is 3. The van der Waals surface area contributed by atoms with E-state index in [2.05, 4.69) is 10.0 Å². The summed E-state index contributed by atoms with van der Waals surface area (Å²) in [5.74, 6) is -0.224. The van der Waals surface area contributed by atoms with Crippen LogP contribution in [0.15, 0.2) is 71.6 Å². The van der Waals surface area contributed by atoms with Crippen molar-refractivity contribution in [2.75, 3.05) is 17.1 Å².